The minimum atomic E-state index is -0.357. The van der Waals surface area contributed by atoms with Crippen molar-refractivity contribution < 1.29 is 18.3 Å². The van der Waals surface area contributed by atoms with Crippen LogP contribution in [0, 0.1) is 5.82 Å². The number of hydrogen-bond donors (Lipinski definition) is 1. The van der Waals surface area contributed by atoms with E-state index in [9.17, 15) is 9.18 Å². The molecule has 0 saturated heterocycles. The Balaban J connectivity index is 1.44. The van der Waals surface area contributed by atoms with Crippen molar-refractivity contribution in [3.05, 3.63) is 65.8 Å². The van der Waals surface area contributed by atoms with Crippen LogP contribution in [0.3, 0.4) is 0 Å². The van der Waals surface area contributed by atoms with E-state index in [1.54, 1.807) is 0 Å². The lowest BCUT2D eigenvalue weighted by Gasteiger charge is -2.04. The summed E-state index contributed by atoms with van der Waals surface area (Å²) in [5.41, 5.74) is 1.76. The topological polar surface area (TPSA) is 77.2 Å². The Morgan fingerprint density at radius 2 is 1.89 bits per heavy atom. The number of thioether (sulfide) groups is 1. The van der Waals surface area contributed by atoms with Crippen LogP contribution in [0.2, 0.25) is 0 Å². The van der Waals surface area contributed by atoms with E-state index in [0.29, 0.717) is 11.6 Å². The zero-order chi connectivity index (χ0) is 19.1. The molecule has 0 aliphatic rings. The van der Waals surface area contributed by atoms with Crippen molar-refractivity contribution >= 4 is 23.4 Å². The van der Waals surface area contributed by atoms with Crippen molar-refractivity contribution in [1.82, 2.24) is 10.2 Å². The fourth-order valence-electron chi connectivity index (χ4n) is 2.18. The number of halogens is 1. The molecule has 0 atom stereocenters. The first kappa shape index (κ1) is 18.9. The molecule has 0 aliphatic heterocycles. The highest BCUT2D eigenvalue weighted by atomic mass is 32.2. The van der Waals surface area contributed by atoms with E-state index < -0.39 is 0 Å². The van der Waals surface area contributed by atoms with Crippen LogP contribution in [-0.4, -0.2) is 21.9 Å². The second-order valence-electron chi connectivity index (χ2n) is 5.59. The molecule has 8 heteroatoms. The maximum atomic E-state index is 12.8. The van der Waals surface area contributed by atoms with Crippen LogP contribution in [0.25, 0.3) is 0 Å². The number of aromatic nitrogens is 2. The number of rotatable bonds is 8. The molecule has 0 fully saturated rings. The fraction of sp³-hybridized carbons (Fsp3) is 0.211. The smallest absolute Gasteiger partial charge is 0.277 e. The third-order valence-corrected chi connectivity index (χ3v) is 4.42. The van der Waals surface area contributed by atoms with E-state index in [0.717, 1.165) is 23.9 Å². The van der Waals surface area contributed by atoms with E-state index in [1.807, 2.05) is 24.3 Å². The fourth-order valence-corrected chi connectivity index (χ4v) is 2.76. The van der Waals surface area contributed by atoms with Crippen molar-refractivity contribution in [2.24, 2.45) is 0 Å². The van der Waals surface area contributed by atoms with Crippen LogP contribution < -0.4 is 10.1 Å². The number of carbonyl (C=O) groups excluding carboxylic acids is 1. The van der Waals surface area contributed by atoms with Crippen LogP contribution in [0.15, 0.2) is 58.2 Å². The molecule has 1 N–H and O–H groups in total. The Labute approximate surface area is 160 Å². The van der Waals surface area contributed by atoms with Gasteiger partial charge in [0.25, 0.3) is 11.1 Å². The SMILES string of the molecule is CCc1ccc(OCc2nnc(SCC(=O)Nc3ccc(F)cc3)o2)cc1. The van der Waals surface area contributed by atoms with Gasteiger partial charge in [-0.3, -0.25) is 4.79 Å². The quantitative estimate of drug-likeness (QED) is 0.587. The molecular formula is C19H18FN3O3S. The standard InChI is InChI=1S/C19H18FN3O3S/c1-2-13-3-9-16(10-4-13)25-11-18-22-23-19(26-18)27-12-17(24)21-15-7-5-14(20)6-8-15/h3-10H,2,11-12H2,1H3,(H,21,24). The van der Waals surface area contributed by atoms with Gasteiger partial charge in [-0.1, -0.05) is 30.8 Å². The number of benzene rings is 2. The lowest BCUT2D eigenvalue weighted by Crippen LogP contribution is -2.13. The highest BCUT2D eigenvalue weighted by Gasteiger charge is 2.10. The van der Waals surface area contributed by atoms with Gasteiger partial charge in [0.15, 0.2) is 6.61 Å². The molecule has 2 aromatic carbocycles. The highest BCUT2D eigenvalue weighted by Crippen LogP contribution is 2.19. The maximum Gasteiger partial charge on any atom is 0.277 e. The second-order valence-corrected chi connectivity index (χ2v) is 6.52. The summed E-state index contributed by atoms with van der Waals surface area (Å²) >= 11 is 1.12. The van der Waals surface area contributed by atoms with Crippen LogP contribution in [-0.2, 0) is 17.8 Å². The number of aryl methyl sites for hydroxylation is 1. The summed E-state index contributed by atoms with van der Waals surface area (Å²) in [4.78, 5) is 11.9. The molecule has 0 unspecified atom stereocenters. The molecule has 0 saturated carbocycles. The van der Waals surface area contributed by atoms with Gasteiger partial charge in [0, 0.05) is 5.69 Å². The summed E-state index contributed by atoms with van der Waals surface area (Å²) < 4.78 is 23.9. The Hall–Kier alpha value is -2.87. The molecule has 140 valence electrons. The first-order valence-corrected chi connectivity index (χ1v) is 9.33. The first-order chi connectivity index (χ1) is 13.1. The van der Waals surface area contributed by atoms with Crippen molar-refractivity contribution in [1.29, 1.82) is 0 Å². The average Bonchev–Trinajstić information content (AvgIpc) is 3.15. The number of anilines is 1. The van der Waals surface area contributed by atoms with E-state index in [4.69, 9.17) is 9.15 Å². The molecule has 3 rings (SSSR count). The predicted octanol–water partition coefficient (Wildman–Crippen LogP) is 4.08. The van der Waals surface area contributed by atoms with Crippen molar-refractivity contribution in [3.8, 4) is 5.75 Å². The maximum absolute atomic E-state index is 12.8. The van der Waals surface area contributed by atoms with E-state index in [-0.39, 0.29) is 29.3 Å². The normalized spacial score (nSPS) is 10.6. The van der Waals surface area contributed by atoms with Crippen LogP contribution >= 0.6 is 11.8 Å². The van der Waals surface area contributed by atoms with Crippen LogP contribution in [0.4, 0.5) is 10.1 Å². The van der Waals surface area contributed by atoms with Crippen LogP contribution in [0.1, 0.15) is 18.4 Å². The van der Waals surface area contributed by atoms with Gasteiger partial charge < -0.3 is 14.5 Å². The summed E-state index contributed by atoms with van der Waals surface area (Å²) in [5.74, 6) is 0.537. The van der Waals surface area contributed by atoms with Gasteiger partial charge in [0.1, 0.15) is 11.6 Å². The van der Waals surface area contributed by atoms with Crippen LogP contribution in [0.5, 0.6) is 5.75 Å². The third kappa shape index (κ3) is 5.82. The number of nitrogens with zero attached hydrogens (tertiary/aromatic N) is 2. The zero-order valence-corrected chi connectivity index (χ0v) is 15.5. The van der Waals surface area contributed by atoms with Gasteiger partial charge in [-0.15, -0.1) is 10.2 Å². The third-order valence-electron chi connectivity index (χ3n) is 3.60. The Morgan fingerprint density at radius 1 is 1.15 bits per heavy atom. The Bertz CT molecular complexity index is 882. The minimum absolute atomic E-state index is 0.0956. The molecule has 0 aliphatic carbocycles. The largest absolute Gasteiger partial charge is 0.484 e. The lowest BCUT2D eigenvalue weighted by atomic mass is 10.2. The molecule has 1 aromatic heterocycles. The molecule has 0 bridgehead atoms. The van der Waals surface area contributed by atoms with Gasteiger partial charge in [0.2, 0.25) is 5.91 Å². The number of carbonyl (C=O) groups is 1. The molecule has 3 aromatic rings. The minimum Gasteiger partial charge on any atom is -0.484 e. The van der Waals surface area contributed by atoms with Gasteiger partial charge in [-0.05, 0) is 48.4 Å². The predicted molar refractivity (Wildman–Crippen MR) is 100 cm³/mol. The zero-order valence-electron chi connectivity index (χ0n) is 14.6. The van der Waals surface area contributed by atoms with Crippen molar-refractivity contribution in [2.45, 2.75) is 25.2 Å². The van der Waals surface area contributed by atoms with E-state index >= 15 is 0 Å². The second kappa shape index (κ2) is 9.18. The lowest BCUT2D eigenvalue weighted by molar-refractivity contribution is -0.113. The van der Waals surface area contributed by atoms with E-state index in [1.165, 1.54) is 29.8 Å². The summed E-state index contributed by atoms with van der Waals surface area (Å²) in [7, 11) is 0. The summed E-state index contributed by atoms with van der Waals surface area (Å²) in [5, 5.41) is 10.7. The average molecular weight is 387 g/mol. The molecular weight excluding hydrogens is 369 g/mol. The number of ether oxygens (including phenoxy) is 1. The van der Waals surface area contributed by atoms with E-state index in [2.05, 4.69) is 22.4 Å². The Kier molecular flexibility index (Phi) is 6.43. The first-order valence-electron chi connectivity index (χ1n) is 8.34. The number of hydrogen-bond acceptors (Lipinski definition) is 6. The molecule has 0 spiro atoms. The van der Waals surface area contributed by atoms with Gasteiger partial charge in [-0.25, -0.2) is 4.39 Å². The van der Waals surface area contributed by atoms with Crippen molar-refractivity contribution in [2.75, 3.05) is 11.1 Å². The van der Waals surface area contributed by atoms with Gasteiger partial charge >= 0.3 is 0 Å². The molecule has 0 radical (unpaired) electrons. The van der Waals surface area contributed by atoms with Gasteiger partial charge in [-0.2, -0.15) is 0 Å². The Morgan fingerprint density at radius 3 is 2.59 bits per heavy atom. The monoisotopic (exact) mass is 387 g/mol. The summed E-state index contributed by atoms with van der Waals surface area (Å²) in [6, 6.07) is 13.3. The van der Waals surface area contributed by atoms with Crippen molar-refractivity contribution in [3.63, 3.8) is 0 Å². The summed E-state index contributed by atoms with van der Waals surface area (Å²) in [6.07, 6.45) is 0.971. The molecule has 1 amide bonds. The molecule has 6 nitrogen and oxygen atoms in total. The highest BCUT2D eigenvalue weighted by molar-refractivity contribution is 7.99. The number of nitrogens with one attached hydrogen (secondary N) is 1. The number of amides is 1. The van der Waals surface area contributed by atoms with Gasteiger partial charge in [0.05, 0.1) is 5.75 Å². The summed E-state index contributed by atoms with van der Waals surface area (Å²) in [6.45, 7) is 2.24. The molecule has 1 heterocycles. The molecule has 27 heavy (non-hydrogen) atoms.